The molecule has 2 heteroatoms. The van der Waals surface area contributed by atoms with Gasteiger partial charge >= 0.3 is 0 Å². The zero-order chi connectivity index (χ0) is 8.81. The third-order valence-electron chi connectivity index (χ3n) is 1.48. The maximum Gasteiger partial charge on any atom is 0.0626 e. The summed E-state index contributed by atoms with van der Waals surface area (Å²) < 4.78 is 1.09. The fraction of sp³-hybridized carbons (Fsp3) is 0.300. The Bertz CT molecular complexity index is 251. The lowest BCUT2D eigenvalue weighted by Gasteiger charge is -1.92. The van der Waals surface area contributed by atoms with E-state index >= 15 is 0 Å². The van der Waals surface area contributed by atoms with Gasteiger partial charge in [0.15, 0.2) is 0 Å². The normalized spacial score (nSPS) is 10.8. The first-order chi connectivity index (χ1) is 5.83. The van der Waals surface area contributed by atoms with E-state index in [4.69, 9.17) is 0 Å². The Hall–Kier alpha value is -0.630. The van der Waals surface area contributed by atoms with Crippen LogP contribution in [0.5, 0.6) is 0 Å². The summed E-state index contributed by atoms with van der Waals surface area (Å²) in [5.41, 5.74) is 1.02. The van der Waals surface area contributed by atoms with E-state index in [1.165, 1.54) is 0 Å². The number of hydrogen-bond donors (Lipinski definition) is 0. The molecule has 0 radical (unpaired) electrons. The van der Waals surface area contributed by atoms with Gasteiger partial charge in [-0.2, -0.15) is 0 Å². The molecule has 0 aliphatic carbocycles. The quantitative estimate of drug-likeness (QED) is 0.692. The molecule has 0 N–H and O–H groups in total. The van der Waals surface area contributed by atoms with Crippen LogP contribution in [-0.2, 0) is 0 Å². The van der Waals surface area contributed by atoms with Crippen molar-refractivity contribution >= 4 is 27.8 Å². The van der Waals surface area contributed by atoms with Crippen molar-refractivity contribution < 1.29 is 0 Å². The zero-order valence-corrected chi connectivity index (χ0v) is 8.71. The molecule has 64 valence electrons. The second kappa shape index (κ2) is 5.09. The minimum Gasteiger partial charge on any atom is -0.261 e. The first-order valence-corrected chi connectivity index (χ1v) is 4.90. The molecule has 0 saturated heterocycles. The van der Waals surface area contributed by atoms with Gasteiger partial charge in [0, 0.05) is 10.7 Å². The second-order valence-corrected chi connectivity index (χ2v) is 3.49. The molecule has 12 heavy (non-hydrogen) atoms. The van der Waals surface area contributed by atoms with E-state index in [1.807, 2.05) is 30.5 Å². The molecule has 0 bridgehead atoms. The van der Waals surface area contributed by atoms with Gasteiger partial charge in [-0.05, 0) is 30.7 Å². The smallest absolute Gasteiger partial charge is 0.0626 e. The van der Waals surface area contributed by atoms with Gasteiger partial charge in [0.1, 0.15) is 0 Å². The number of nitrogens with zero attached hydrogens (tertiary/aromatic N) is 1. The van der Waals surface area contributed by atoms with Gasteiger partial charge in [0.2, 0.25) is 0 Å². The van der Waals surface area contributed by atoms with Crippen molar-refractivity contribution in [3.63, 3.8) is 0 Å². The molecule has 0 aliphatic rings. The van der Waals surface area contributed by atoms with Crippen molar-refractivity contribution in [1.82, 2.24) is 0 Å². The molecule has 0 atom stereocenters. The van der Waals surface area contributed by atoms with Crippen molar-refractivity contribution in [2.24, 2.45) is 4.99 Å². The summed E-state index contributed by atoms with van der Waals surface area (Å²) in [6, 6.07) is 7.99. The van der Waals surface area contributed by atoms with E-state index in [1.54, 1.807) is 0 Å². The van der Waals surface area contributed by atoms with Crippen LogP contribution in [0.2, 0.25) is 0 Å². The molecule has 0 aliphatic heterocycles. The Morgan fingerprint density at radius 2 is 2.00 bits per heavy atom. The maximum atomic E-state index is 4.29. The summed E-state index contributed by atoms with van der Waals surface area (Å²) in [6.45, 7) is 2.15. The lowest BCUT2D eigenvalue weighted by molar-refractivity contribution is 1.01. The number of halogens is 1. The second-order valence-electron chi connectivity index (χ2n) is 2.58. The monoisotopic (exact) mass is 225 g/mol. The number of hydrogen-bond acceptors (Lipinski definition) is 1. The van der Waals surface area contributed by atoms with Crippen LogP contribution in [0.3, 0.4) is 0 Å². The molecule has 1 aromatic carbocycles. The van der Waals surface area contributed by atoms with E-state index in [-0.39, 0.29) is 0 Å². The molecule has 1 rings (SSSR count). The zero-order valence-electron chi connectivity index (χ0n) is 7.13. The highest BCUT2D eigenvalue weighted by molar-refractivity contribution is 9.10. The molecule has 0 spiro atoms. The average Bonchev–Trinajstić information content (AvgIpc) is 2.09. The minimum absolute atomic E-state index is 1.02. The molecular formula is C10H12BrN. The Kier molecular flexibility index (Phi) is 4.01. The Labute approximate surface area is 81.7 Å². The van der Waals surface area contributed by atoms with Gasteiger partial charge in [-0.15, -0.1) is 0 Å². The predicted octanol–water partition coefficient (Wildman–Crippen LogP) is 3.95. The number of benzene rings is 1. The van der Waals surface area contributed by atoms with Gasteiger partial charge in [0.05, 0.1) is 5.69 Å². The molecule has 0 heterocycles. The predicted molar refractivity (Wildman–Crippen MR) is 57.2 cm³/mol. The van der Waals surface area contributed by atoms with Crippen LogP contribution in [0.1, 0.15) is 19.8 Å². The number of unbranched alkanes of at least 4 members (excludes halogenated alkanes) is 1. The molecule has 1 aromatic rings. The molecule has 0 saturated carbocycles. The van der Waals surface area contributed by atoms with Crippen molar-refractivity contribution in [2.45, 2.75) is 19.8 Å². The average molecular weight is 226 g/mol. The largest absolute Gasteiger partial charge is 0.261 e. The Morgan fingerprint density at radius 1 is 1.33 bits per heavy atom. The lowest BCUT2D eigenvalue weighted by Crippen LogP contribution is -1.71. The first kappa shape index (κ1) is 9.46. The summed E-state index contributed by atoms with van der Waals surface area (Å²) in [7, 11) is 0. The SMILES string of the molecule is CCCC=Nc1ccc(Br)cc1. The van der Waals surface area contributed by atoms with Crippen LogP contribution in [0, 0.1) is 0 Å². The molecule has 1 nitrogen and oxygen atoms in total. The van der Waals surface area contributed by atoms with Crippen molar-refractivity contribution in [3.8, 4) is 0 Å². The van der Waals surface area contributed by atoms with Gasteiger partial charge in [-0.25, -0.2) is 0 Å². The highest BCUT2D eigenvalue weighted by Gasteiger charge is 1.86. The third-order valence-corrected chi connectivity index (χ3v) is 2.01. The van der Waals surface area contributed by atoms with Crippen molar-refractivity contribution in [2.75, 3.05) is 0 Å². The summed E-state index contributed by atoms with van der Waals surface area (Å²) in [6.07, 6.45) is 4.17. The molecule has 0 amide bonds. The van der Waals surface area contributed by atoms with Crippen LogP contribution in [-0.4, -0.2) is 6.21 Å². The van der Waals surface area contributed by atoms with Crippen LogP contribution >= 0.6 is 15.9 Å². The fourth-order valence-corrected chi connectivity index (χ4v) is 1.09. The van der Waals surface area contributed by atoms with Gasteiger partial charge in [-0.1, -0.05) is 29.3 Å². The molecule has 0 fully saturated rings. The Balaban J connectivity index is 2.58. The Morgan fingerprint density at radius 3 is 2.58 bits per heavy atom. The topological polar surface area (TPSA) is 12.4 Å². The highest BCUT2D eigenvalue weighted by Crippen LogP contribution is 2.16. The van der Waals surface area contributed by atoms with E-state index in [0.717, 1.165) is 23.0 Å². The number of rotatable bonds is 3. The minimum atomic E-state index is 1.02. The van der Waals surface area contributed by atoms with Crippen LogP contribution in [0.4, 0.5) is 5.69 Å². The van der Waals surface area contributed by atoms with Crippen LogP contribution in [0.15, 0.2) is 33.7 Å². The molecule has 0 aromatic heterocycles. The summed E-state index contributed by atoms with van der Waals surface area (Å²) in [5.74, 6) is 0. The highest BCUT2D eigenvalue weighted by atomic mass is 79.9. The van der Waals surface area contributed by atoms with Crippen molar-refractivity contribution in [1.29, 1.82) is 0 Å². The summed E-state index contributed by atoms with van der Waals surface area (Å²) in [4.78, 5) is 4.29. The lowest BCUT2D eigenvalue weighted by atomic mass is 10.3. The third kappa shape index (κ3) is 3.18. The fourth-order valence-electron chi connectivity index (χ4n) is 0.826. The van der Waals surface area contributed by atoms with Gasteiger partial charge < -0.3 is 0 Å². The van der Waals surface area contributed by atoms with Crippen LogP contribution < -0.4 is 0 Å². The van der Waals surface area contributed by atoms with E-state index < -0.39 is 0 Å². The molecule has 0 unspecified atom stereocenters. The molecular weight excluding hydrogens is 214 g/mol. The summed E-state index contributed by atoms with van der Waals surface area (Å²) >= 11 is 3.38. The first-order valence-electron chi connectivity index (χ1n) is 4.11. The van der Waals surface area contributed by atoms with E-state index in [0.29, 0.717) is 0 Å². The van der Waals surface area contributed by atoms with Gasteiger partial charge in [0.25, 0.3) is 0 Å². The maximum absolute atomic E-state index is 4.29. The van der Waals surface area contributed by atoms with E-state index in [2.05, 4.69) is 27.8 Å². The van der Waals surface area contributed by atoms with Gasteiger partial charge in [-0.3, -0.25) is 4.99 Å². The van der Waals surface area contributed by atoms with E-state index in [9.17, 15) is 0 Å². The summed E-state index contributed by atoms with van der Waals surface area (Å²) in [5, 5.41) is 0. The standard InChI is InChI=1S/C10H12BrN/c1-2-3-8-12-10-6-4-9(11)5-7-10/h4-8H,2-3H2,1H3. The van der Waals surface area contributed by atoms with Crippen LogP contribution in [0.25, 0.3) is 0 Å². The number of aliphatic imine (C=N–C) groups is 1. The van der Waals surface area contributed by atoms with Crippen molar-refractivity contribution in [3.05, 3.63) is 28.7 Å².